The Kier molecular flexibility index (Phi) is 34.1. The van der Waals surface area contributed by atoms with Crippen LogP contribution in [0.5, 0.6) is 0 Å². The Morgan fingerprint density at radius 1 is 0.716 bits per heavy atom. The number of nitrogens with two attached hydrogens (primary N) is 1. The molecule has 6 aliphatic rings. The predicted octanol–water partition coefficient (Wildman–Crippen LogP) is -1.43. The standard InChI is InChI=1S/C69H107N4O35P/c1-30(2)15-14-17-31(3)18-19-33(5)22-25-68(9,10)24-13-12-16-32(4)23-26-96-41(60(88)89)29-98-109(94,95)108-66-56(57(107-67(70)92)69(11,93)58(106-66)61(90)91)105-63-44(72-36(8)76)47(81)54(40(101-63)28-97-64-51(85)48(82)45(79)39(27-74)100-64)103-62-43(71-35(7)75)46(80)53(34(6)99-62)102-65-52(86)49(83)50(84)55(104-65)59(87)73-42-37(77)20-21-38(42)78/h13,15,18,23-24,34,39-41,43-58,62-66,74,77,79-86,93H,5,12,14,16-17,19-22,25-29H2,1-4,6-11H3,(H2,70,92)(H,71,75)(H,72,76)(H,73,87)(H,88,89)(H,90,91)(H,94,95)/t34?,39-,40-,41-,43-,44-,45-,46-,47-,48+,49+,50-,51-,52-,53-,54-,55+,56-,57-,58-,62+,63+,64-,65-,66-,69+/m1/s1. The first kappa shape index (κ1) is 91.7. The van der Waals surface area contributed by atoms with Crippen molar-refractivity contribution in [1.82, 2.24) is 16.0 Å². The summed E-state index contributed by atoms with van der Waals surface area (Å²) < 4.78 is 88.5. The van der Waals surface area contributed by atoms with E-state index in [-0.39, 0.29) is 24.9 Å². The summed E-state index contributed by atoms with van der Waals surface area (Å²) in [6.07, 6.45) is -36.2. The lowest BCUT2D eigenvalue weighted by molar-refractivity contribution is -0.375. The van der Waals surface area contributed by atoms with Gasteiger partial charge in [0.15, 0.2) is 67.8 Å². The van der Waals surface area contributed by atoms with Crippen LogP contribution in [0, 0.1) is 5.41 Å². The fourth-order valence-electron chi connectivity index (χ4n) is 12.6. The zero-order chi connectivity index (χ0) is 81.5. The fraction of sp³-hybridized carbons (Fsp3) is 0.725. The number of amides is 4. The van der Waals surface area contributed by atoms with Gasteiger partial charge in [-0.05, 0) is 91.9 Å². The Balaban J connectivity index is 1.25. The van der Waals surface area contributed by atoms with E-state index < -0.39 is 240 Å². The molecule has 5 fully saturated rings. The third kappa shape index (κ3) is 25.4. The first-order valence-corrected chi connectivity index (χ1v) is 36.8. The summed E-state index contributed by atoms with van der Waals surface area (Å²) in [5.74, 6) is -8.21. The zero-order valence-corrected chi connectivity index (χ0v) is 63.0. The van der Waals surface area contributed by atoms with Crippen molar-refractivity contribution in [3.05, 3.63) is 70.7 Å². The lowest BCUT2D eigenvalue weighted by Gasteiger charge is -2.51. The number of aliphatic hydroxyl groups is 11. The lowest BCUT2D eigenvalue weighted by atomic mass is 9.85. The van der Waals surface area contributed by atoms with Crippen molar-refractivity contribution in [1.29, 1.82) is 0 Å². The largest absolute Gasteiger partial charge is 0.510 e. The predicted molar refractivity (Wildman–Crippen MR) is 370 cm³/mol. The van der Waals surface area contributed by atoms with E-state index in [1.54, 1.807) is 13.0 Å². The number of carboxylic acids is 2. The summed E-state index contributed by atoms with van der Waals surface area (Å²) in [4.78, 5) is 101. The van der Waals surface area contributed by atoms with Crippen molar-refractivity contribution < 1.29 is 171 Å². The summed E-state index contributed by atoms with van der Waals surface area (Å²) in [6.45, 7) is 16.6. The van der Waals surface area contributed by atoms with E-state index in [9.17, 15) is 109 Å². The number of allylic oxidation sites excluding steroid dienone is 10. The van der Waals surface area contributed by atoms with Gasteiger partial charge in [-0.25, -0.2) is 18.9 Å². The van der Waals surface area contributed by atoms with Crippen LogP contribution in [0.25, 0.3) is 0 Å². The van der Waals surface area contributed by atoms with E-state index in [1.807, 2.05) is 6.08 Å². The molecule has 27 atom stereocenters. The number of primary amides is 1. The highest BCUT2D eigenvalue weighted by Crippen LogP contribution is 2.49. The van der Waals surface area contributed by atoms with Crippen LogP contribution in [0.3, 0.4) is 0 Å². The van der Waals surface area contributed by atoms with Gasteiger partial charge in [0.05, 0.1) is 32.5 Å². The number of hydrogen-bond donors (Lipinski definition) is 18. The second-order valence-corrected chi connectivity index (χ2v) is 30.2. The number of carboxylic acid groups (broad SMARTS) is 2. The first-order valence-electron chi connectivity index (χ1n) is 35.3. The average molecular weight is 1580 g/mol. The number of ketones is 1. The lowest BCUT2D eigenvalue weighted by Crippen LogP contribution is -2.72. The van der Waals surface area contributed by atoms with Gasteiger partial charge < -0.3 is 145 Å². The minimum Gasteiger partial charge on any atom is -0.510 e. The molecule has 40 heteroatoms. The van der Waals surface area contributed by atoms with Gasteiger partial charge in [-0.15, -0.1) is 0 Å². The Labute approximate surface area is 628 Å². The quantitative estimate of drug-likeness (QED) is 0.0250. The first-order chi connectivity index (χ1) is 50.9. The van der Waals surface area contributed by atoms with Crippen LogP contribution >= 0.6 is 7.82 Å². The molecule has 5 heterocycles. The second kappa shape index (κ2) is 40.5. The number of nitrogens with one attached hydrogen (secondary N) is 3. The maximum absolute atomic E-state index is 14.1. The van der Waals surface area contributed by atoms with E-state index in [0.717, 1.165) is 57.1 Å². The van der Waals surface area contributed by atoms with Gasteiger partial charge in [0, 0.05) is 26.7 Å². The fourth-order valence-corrected chi connectivity index (χ4v) is 13.4. The molecule has 2 unspecified atom stereocenters. The summed E-state index contributed by atoms with van der Waals surface area (Å²) in [5.41, 5.74) is 6.20. The van der Waals surface area contributed by atoms with Crippen LogP contribution in [0.4, 0.5) is 4.79 Å². The Morgan fingerprint density at radius 2 is 1.29 bits per heavy atom. The number of aliphatic hydroxyl groups excluding tert-OH is 10. The van der Waals surface area contributed by atoms with Crippen LogP contribution in [0.15, 0.2) is 70.7 Å². The Bertz CT molecular complexity index is 3360. The van der Waals surface area contributed by atoms with E-state index >= 15 is 0 Å². The molecule has 109 heavy (non-hydrogen) atoms. The minimum absolute atomic E-state index is 0.131. The maximum atomic E-state index is 14.1. The number of hydrogen-bond acceptors (Lipinski definition) is 32. The molecule has 19 N–H and O–H groups in total. The van der Waals surface area contributed by atoms with E-state index in [2.05, 4.69) is 75.4 Å². The van der Waals surface area contributed by atoms with Crippen LogP contribution in [-0.4, -0.2) is 298 Å². The monoisotopic (exact) mass is 1580 g/mol. The van der Waals surface area contributed by atoms with Crippen LogP contribution in [0.2, 0.25) is 0 Å². The van der Waals surface area contributed by atoms with Crippen LogP contribution in [0.1, 0.15) is 127 Å². The molecule has 5 saturated heterocycles. The van der Waals surface area contributed by atoms with E-state index in [0.29, 0.717) is 19.8 Å². The topological polar surface area (TPSA) is 602 Å². The SMILES string of the molecule is C=C(CC=C(C)CCC=C(C)C)CCC(C)(C)C=CCCC(C)=CCO[C@H](COP(=O)(O)O[C@H]1O[C@H](C(=O)O)[C@@](C)(O)[C@H](OC(N)=O)[C@H]1O[C@@H]1O[C@H](CO[C@@H]2O[C@H](CO)[C@@H](O)[C@H](O)[C@H]2O)[C@@H](O[C@@H]2OC(C)[C@@H](O[C@@H]3O[C@H](C(=O)NC4=C(O)CCC4=O)[C@H](O)[C@H](O)[C@H]3O)[C@H](O)[C@H]2NC(C)=O)[C@H](O)[C@H]1NC(C)=O)C(=O)O. The van der Waals surface area contributed by atoms with Crippen molar-refractivity contribution >= 4 is 49.4 Å². The summed E-state index contributed by atoms with van der Waals surface area (Å²) >= 11 is 0. The van der Waals surface area contributed by atoms with Crippen molar-refractivity contribution in [2.75, 3.05) is 26.4 Å². The number of ether oxygens (including phenoxy) is 11. The molecule has 1 aliphatic carbocycles. The molecular formula is C69H107N4O35P. The highest BCUT2D eigenvalue weighted by molar-refractivity contribution is 7.47. The number of phosphoric ester groups is 1. The molecule has 0 aromatic heterocycles. The summed E-state index contributed by atoms with van der Waals surface area (Å²) in [6, 6.07) is -4.03. The number of rotatable bonds is 37. The maximum Gasteiger partial charge on any atom is 0.474 e. The zero-order valence-electron chi connectivity index (χ0n) is 62.1. The Morgan fingerprint density at radius 3 is 1.88 bits per heavy atom. The van der Waals surface area contributed by atoms with Crippen LogP contribution < -0.4 is 21.7 Å². The average Bonchev–Trinajstić information content (AvgIpc) is 1.80. The number of carbonyl (C=O) groups excluding carboxylic acids is 5. The van der Waals surface area contributed by atoms with Gasteiger partial charge in [0.2, 0.25) is 11.8 Å². The summed E-state index contributed by atoms with van der Waals surface area (Å²) in [7, 11) is -5.89. The normalized spacial score (nSPS) is 35.6. The van der Waals surface area contributed by atoms with Crippen molar-refractivity contribution in [2.45, 2.75) is 286 Å². The van der Waals surface area contributed by atoms with Gasteiger partial charge in [-0.3, -0.25) is 28.2 Å². The molecule has 618 valence electrons. The molecule has 39 nitrogen and oxygen atoms in total. The van der Waals surface area contributed by atoms with Crippen LogP contribution in [-0.2, 0) is 94.5 Å². The Hall–Kier alpha value is -6.16. The molecule has 0 saturated carbocycles. The number of aliphatic carboxylic acids is 2. The van der Waals surface area contributed by atoms with Gasteiger partial charge in [-0.1, -0.05) is 73.1 Å². The van der Waals surface area contributed by atoms with E-state index in [1.165, 1.54) is 18.1 Å². The number of carbonyl (C=O) groups is 7. The van der Waals surface area contributed by atoms with Crippen molar-refractivity contribution in [3.8, 4) is 0 Å². The minimum atomic E-state index is -5.89. The van der Waals surface area contributed by atoms with Gasteiger partial charge in [-0.2, -0.15) is 0 Å². The third-order valence-corrected chi connectivity index (χ3v) is 19.8. The molecule has 0 radical (unpaired) electrons. The molecule has 0 spiro atoms. The van der Waals surface area contributed by atoms with E-state index in [4.69, 9.17) is 66.9 Å². The molecule has 0 aromatic carbocycles. The molecule has 6 rings (SSSR count). The van der Waals surface area contributed by atoms with Gasteiger partial charge >= 0.3 is 25.9 Å². The molecule has 0 aromatic rings. The highest BCUT2D eigenvalue weighted by atomic mass is 31.2. The van der Waals surface area contributed by atoms with Crippen molar-refractivity contribution in [2.24, 2.45) is 11.1 Å². The number of Topliss-reactive ketones (excluding diaryl/α,β-unsaturated/α-hetero) is 1. The summed E-state index contributed by atoms with van der Waals surface area (Å²) in [5, 5.41) is 149. The second-order valence-electron chi connectivity index (χ2n) is 28.8. The molecule has 5 aliphatic heterocycles. The highest BCUT2D eigenvalue weighted by Gasteiger charge is 2.63. The smallest absolute Gasteiger partial charge is 0.474 e. The third-order valence-electron chi connectivity index (χ3n) is 18.9. The molecular weight excluding hydrogens is 1480 g/mol. The van der Waals surface area contributed by atoms with Gasteiger partial charge in [0.1, 0.15) is 102 Å². The molecule has 4 amide bonds. The van der Waals surface area contributed by atoms with Gasteiger partial charge in [0.25, 0.3) is 5.91 Å². The molecule has 0 bridgehead atoms. The van der Waals surface area contributed by atoms with Crippen molar-refractivity contribution in [3.63, 3.8) is 0 Å². The number of phosphoric acid groups is 1.